The van der Waals surface area contributed by atoms with Gasteiger partial charge >= 0.3 is 5.97 Å². The van der Waals surface area contributed by atoms with E-state index in [-0.39, 0.29) is 12.0 Å². The lowest BCUT2D eigenvalue weighted by molar-refractivity contribution is -0.130. The van der Waals surface area contributed by atoms with Crippen molar-refractivity contribution < 1.29 is 28.6 Å². The van der Waals surface area contributed by atoms with Crippen LogP contribution in [-0.4, -0.2) is 56.3 Å². The standard InChI is InChI=1S/C19H26N2O6/c1-3-20-18(23)13(2)21-17(22)12-27-19(24)14-6-8-15(9-7-14)26-11-16-5-4-10-25-16/h6-9,13,16H,3-5,10-12H2,1-2H3,(H,20,23)(H,21,22)/t13-,16+/m0/s1. The van der Waals surface area contributed by atoms with Crippen LogP contribution in [0.3, 0.4) is 0 Å². The van der Waals surface area contributed by atoms with Crippen LogP contribution < -0.4 is 15.4 Å². The summed E-state index contributed by atoms with van der Waals surface area (Å²) in [6, 6.07) is 5.78. The highest BCUT2D eigenvalue weighted by atomic mass is 16.5. The molecule has 1 aromatic carbocycles. The fraction of sp³-hybridized carbons (Fsp3) is 0.526. The second kappa shape index (κ2) is 10.5. The van der Waals surface area contributed by atoms with E-state index >= 15 is 0 Å². The monoisotopic (exact) mass is 378 g/mol. The minimum Gasteiger partial charge on any atom is -0.491 e. The van der Waals surface area contributed by atoms with Gasteiger partial charge in [-0.2, -0.15) is 0 Å². The Morgan fingerprint density at radius 3 is 2.63 bits per heavy atom. The van der Waals surface area contributed by atoms with Gasteiger partial charge < -0.3 is 24.8 Å². The van der Waals surface area contributed by atoms with Crippen LogP contribution in [0.2, 0.25) is 0 Å². The van der Waals surface area contributed by atoms with Crippen molar-refractivity contribution in [2.75, 3.05) is 26.4 Å². The van der Waals surface area contributed by atoms with Gasteiger partial charge in [0, 0.05) is 13.2 Å². The van der Waals surface area contributed by atoms with Gasteiger partial charge in [-0.25, -0.2) is 4.79 Å². The number of amides is 2. The van der Waals surface area contributed by atoms with Crippen LogP contribution in [0, 0.1) is 0 Å². The summed E-state index contributed by atoms with van der Waals surface area (Å²) in [4.78, 5) is 35.3. The zero-order valence-electron chi connectivity index (χ0n) is 15.7. The molecule has 0 bridgehead atoms. The van der Waals surface area contributed by atoms with E-state index < -0.39 is 24.5 Å². The van der Waals surface area contributed by atoms with Crippen molar-refractivity contribution in [3.63, 3.8) is 0 Å². The number of carbonyl (C=O) groups is 3. The maximum atomic E-state index is 12.0. The summed E-state index contributed by atoms with van der Waals surface area (Å²) >= 11 is 0. The quantitative estimate of drug-likeness (QED) is 0.623. The van der Waals surface area contributed by atoms with E-state index in [0.717, 1.165) is 19.4 Å². The third-order valence-corrected chi connectivity index (χ3v) is 4.01. The lowest BCUT2D eigenvalue weighted by Crippen LogP contribution is -2.46. The van der Waals surface area contributed by atoms with Crippen LogP contribution in [0.1, 0.15) is 37.0 Å². The summed E-state index contributed by atoms with van der Waals surface area (Å²) in [7, 11) is 0. The molecular weight excluding hydrogens is 352 g/mol. The first-order valence-electron chi connectivity index (χ1n) is 9.08. The molecule has 0 aliphatic carbocycles. The number of nitrogens with one attached hydrogen (secondary N) is 2. The molecule has 1 heterocycles. The summed E-state index contributed by atoms with van der Waals surface area (Å²) in [5.74, 6) is -0.827. The van der Waals surface area contributed by atoms with Gasteiger partial charge in [0.05, 0.1) is 11.7 Å². The Morgan fingerprint density at radius 2 is 2.00 bits per heavy atom. The zero-order valence-corrected chi connectivity index (χ0v) is 15.7. The smallest absolute Gasteiger partial charge is 0.338 e. The molecule has 1 aromatic rings. The first kappa shape index (κ1) is 20.7. The second-order valence-corrected chi connectivity index (χ2v) is 6.23. The second-order valence-electron chi connectivity index (χ2n) is 6.23. The first-order valence-corrected chi connectivity index (χ1v) is 9.08. The Hall–Kier alpha value is -2.61. The Labute approximate surface area is 158 Å². The molecule has 0 spiro atoms. The number of carbonyl (C=O) groups excluding carboxylic acids is 3. The fourth-order valence-corrected chi connectivity index (χ4v) is 2.54. The minimum atomic E-state index is -0.698. The molecule has 0 aromatic heterocycles. The molecule has 0 saturated carbocycles. The van der Waals surface area contributed by atoms with Crippen molar-refractivity contribution in [1.82, 2.24) is 10.6 Å². The SMILES string of the molecule is CCNC(=O)[C@H](C)NC(=O)COC(=O)c1ccc(OC[C@H]2CCCO2)cc1. The third-order valence-electron chi connectivity index (χ3n) is 4.01. The molecule has 2 amide bonds. The molecular formula is C19H26N2O6. The maximum Gasteiger partial charge on any atom is 0.338 e. The lowest BCUT2D eigenvalue weighted by Gasteiger charge is -2.13. The summed E-state index contributed by atoms with van der Waals surface area (Å²) in [5.41, 5.74) is 0.309. The predicted molar refractivity (Wildman–Crippen MR) is 97.5 cm³/mol. The van der Waals surface area contributed by atoms with Crippen molar-refractivity contribution >= 4 is 17.8 Å². The summed E-state index contributed by atoms with van der Waals surface area (Å²) in [6.07, 6.45) is 2.16. The number of hydrogen-bond donors (Lipinski definition) is 2. The summed E-state index contributed by atoms with van der Waals surface area (Å²) in [5, 5.41) is 5.06. The molecule has 0 radical (unpaired) electrons. The highest BCUT2D eigenvalue weighted by molar-refractivity contribution is 5.92. The summed E-state index contributed by atoms with van der Waals surface area (Å²) in [6.45, 7) is 4.61. The highest BCUT2D eigenvalue weighted by Gasteiger charge is 2.17. The topological polar surface area (TPSA) is 103 Å². The molecule has 8 nitrogen and oxygen atoms in total. The van der Waals surface area contributed by atoms with Crippen LogP contribution in [0.4, 0.5) is 0 Å². The van der Waals surface area contributed by atoms with E-state index in [2.05, 4.69) is 10.6 Å². The van der Waals surface area contributed by atoms with Crippen molar-refractivity contribution in [2.24, 2.45) is 0 Å². The molecule has 27 heavy (non-hydrogen) atoms. The van der Waals surface area contributed by atoms with Gasteiger partial charge in [0.2, 0.25) is 5.91 Å². The Kier molecular flexibility index (Phi) is 8.06. The maximum absolute atomic E-state index is 12.0. The zero-order chi connectivity index (χ0) is 19.6. The molecule has 1 fully saturated rings. The molecule has 1 aliphatic rings. The summed E-state index contributed by atoms with van der Waals surface area (Å²) < 4.78 is 16.1. The number of hydrogen-bond acceptors (Lipinski definition) is 6. The van der Waals surface area contributed by atoms with Gasteiger partial charge in [0.15, 0.2) is 6.61 Å². The molecule has 2 rings (SSSR count). The van der Waals surface area contributed by atoms with Gasteiger partial charge in [0.1, 0.15) is 18.4 Å². The molecule has 2 atom stereocenters. The number of likely N-dealkylation sites (N-methyl/N-ethyl adjacent to an activating group) is 1. The average Bonchev–Trinajstić information content (AvgIpc) is 3.18. The normalized spacial score (nSPS) is 17.0. The van der Waals surface area contributed by atoms with Crippen LogP contribution in [-0.2, 0) is 19.1 Å². The van der Waals surface area contributed by atoms with E-state index in [1.165, 1.54) is 0 Å². The highest BCUT2D eigenvalue weighted by Crippen LogP contribution is 2.17. The molecule has 1 aliphatic heterocycles. The average molecular weight is 378 g/mol. The van der Waals surface area contributed by atoms with E-state index in [1.54, 1.807) is 38.1 Å². The van der Waals surface area contributed by atoms with Crippen molar-refractivity contribution in [1.29, 1.82) is 0 Å². The van der Waals surface area contributed by atoms with Gasteiger partial charge in [-0.15, -0.1) is 0 Å². The minimum absolute atomic E-state index is 0.120. The predicted octanol–water partition coefficient (Wildman–Crippen LogP) is 1.04. The molecule has 8 heteroatoms. The van der Waals surface area contributed by atoms with Gasteiger partial charge in [-0.1, -0.05) is 0 Å². The molecule has 148 valence electrons. The van der Waals surface area contributed by atoms with E-state index in [4.69, 9.17) is 14.2 Å². The van der Waals surface area contributed by atoms with Crippen LogP contribution in [0.25, 0.3) is 0 Å². The van der Waals surface area contributed by atoms with Crippen molar-refractivity contribution in [2.45, 2.75) is 38.8 Å². The van der Waals surface area contributed by atoms with E-state index in [0.29, 0.717) is 24.5 Å². The number of ether oxygens (including phenoxy) is 3. The van der Waals surface area contributed by atoms with Gasteiger partial charge in [-0.05, 0) is 51.0 Å². The number of rotatable bonds is 9. The van der Waals surface area contributed by atoms with Crippen molar-refractivity contribution in [3.8, 4) is 5.75 Å². The third kappa shape index (κ3) is 6.90. The first-order chi connectivity index (χ1) is 13.0. The molecule has 1 saturated heterocycles. The molecule has 2 N–H and O–H groups in total. The number of esters is 1. The fourth-order valence-electron chi connectivity index (χ4n) is 2.54. The Balaban J connectivity index is 1.73. The van der Waals surface area contributed by atoms with Gasteiger partial charge in [-0.3, -0.25) is 9.59 Å². The van der Waals surface area contributed by atoms with E-state index in [9.17, 15) is 14.4 Å². The lowest BCUT2D eigenvalue weighted by atomic mass is 10.2. The largest absolute Gasteiger partial charge is 0.491 e. The van der Waals surface area contributed by atoms with E-state index in [1.807, 2.05) is 0 Å². The Bertz CT molecular complexity index is 640. The number of benzene rings is 1. The Morgan fingerprint density at radius 1 is 1.26 bits per heavy atom. The van der Waals surface area contributed by atoms with Crippen LogP contribution in [0.15, 0.2) is 24.3 Å². The van der Waals surface area contributed by atoms with Crippen molar-refractivity contribution in [3.05, 3.63) is 29.8 Å². The van der Waals surface area contributed by atoms with Gasteiger partial charge in [0.25, 0.3) is 5.91 Å². The van der Waals surface area contributed by atoms with Crippen LogP contribution in [0.5, 0.6) is 5.75 Å². The van der Waals surface area contributed by atoms with Crippen LogP contribution >= 0.6 is 0 Å². The molecule has 0 unspecified atom stereocenters.